The molecular weight excluding hydrogens is 266 g/mol. The van der Waals surface area contributed by atoms with Crippen LogP contribution in [0, 0.1) is 0 Å². The quantitative estimate of drug-likeness (QED) is 0.659. The molecule has 0 bridgehead atoms. The van der Waals surface area contributed by atoms with Gasteiger partial charge in [-0.05, 0) is 12.5 Å². The molecule has 2 atom stereocenters. The molecule has 2 rings (SSSR count). The minimum absolute atomic E-state index is 0.0963. The third-order valence-electron chi connectivity index (χ3n) is 2.99. The van der Waals surface area contributed by atoms with E-state index in [1.165, 1.54) is 0 Å². The maximum absolute atomic E-state index is 11.6. The molecule has 0 aliphatic carbocycles. The topological polar surface area (TPSA) is 113 Å². The Kier molecular flexibility index (Phi) is 3.99. The number of esters is 1. The maximum Gasteiger partial charge on any atom is 0.340 e. The van der Waals surface area contributed by atoms with E-state index >= 15 is 0 Å². The molecule has 0 amide bonds. The highest BCUT2D eigenvalue weighted by atomic mass is 16.6. The number of hydrogen-bond donors (Lipinski definition) is 3. The van der Waals surface area contributed by atoms with E-state index in [0.29, 0.717) is 11.1 Å². The Hall–Kier alpha value is -2.41. The van der Waals surface area contributed by atoms with Crippen molar-refractivity contribution in [3.63, 3.8) is 0 Å². The second-order valence-electron chi connectivity index (χ2n) is 4.36. The van der Waals surface area contributed by atoms with E-state index < -0.39 is 30.2 Å². The lowest BCUT2D eigenvalue weighted by Gasteiger charge is -2.18. The molecule has 0 spiro atoms. The molecule has 0 saturated heterocycles. The van der Waals surface area contributed by atoms with Crippen LogP contribution in [0.5, 0.6) is 0 Å². The van der Waals surface area contributed by atoms with Gasteiger partial charge in [-0.2, -0.15) is 0 Å². The van der Waals surface area contributed by atoms with E-state index in [4.69, 9.17) is 14.9 Å². The van der Waals surface area contributed by atoms with Gasteiger partial charge in [0.2, 0.25) is 0 Å². The summed E-state index contributed by atoms with van der Waals surface area (Å²) in [7, 11) is 0. The summed E-state index contributed by atoms with van der Waals surface area (Å²) in [6, 6.07) is 5.54. The number of rotatable bonds is 6. The first-order valence-corrected chi connectivity index (χ1v) is 5.99. The van der Waals surface area contributed by atoms with Crippen LogP contribution in [0.2, 0.25) is 0 Å². The molecule has 0 fully saturated rings. The summed E-state index contributed by atoms with van der Waals surface area (Å²) in [6.45, 7) is 0. The van der Waals surface area contributed by atoms with Gasteiger partial charge in [0.05, 0.1) is 5.56 Å². The highest BCUT2D eigenvalue weighted by molar-refractivity contribution is 5.94. The lowest BCUT2D eigenvalue weighted by molar-refractivity contribution is -0.141. The van der Waals surface area contributed by atoms with Gasteiger partial charge in [-0.1, -0.05) is 18.2 Å². The number of hydrogen-bond acceptors (Lipinski definition) is 5. The van der Waals surface area contributed by atoms with Crippen LogP contribution in [-0.2, 0) is 14.3 Å². The van der Waals surface area contributed by atoms with Crippen molar-refractivity contribution in [3.8, 4) is 0 Å². The molecule has 1 unspecified atom stereocenters. The van der Waals surface area contributed by atoms with Crippen molar-refractivity contribution in [1.29, 1.82) is 0 Å². The zero-order valence-corrected chi connectivity index (χ0v) is 10.4. The molecule has 0 radical (unpaired) electrons. The van der Waals surface area contributed by atoms with Gasteiger partial charge in [0, 0.05) is 12.0 Å². The van der Waals surface area contributed by atoms with Crippen molar-refractivity contribution in [1.82, 2.24) is 5.32 Å². The first kappa shape index (κ1) is 14.0. The third-order valence-corrected chi connectivity index (χ3v) is 2.99. The summed E-state index contributed by atoms with van der Waals surface area (Å²) >= 11 is 0. The number of aliphatic carboxylic acids is 2. The molecule has 0 aromatic heterocycles. The van der Waals surface area contributed by atoms with E-state index in [2.05, 4.69) is 5.32 Å². The fourth-order valence-corrected chi connectivity index (χ4v) is 2.00. The number of ether oxygens (including phenoxy) is 1. The number of cyclic esters (lactones) is 1. The van der Waals surface area contributed by atoms with Crippen LogP contribution < -0.4 is 5.32 Å². The number of carboxylic acids is 2. The van der Waals surface area contributed by atoms with Crippen molar-refractivity contribution in [3.05, 3.63) is 35.4 Å². The molecule has 106 valence electrons. The Bertz CT molecular complexity index is 556. The van der Waals surface area contributed by atoms with Crippen molar-refractivity contribution in [2.45, 2.75) is 25.1 Å². The average molecular weight is 279 g/mol. The van der Waals surface area contributed by atoms with E-state index in [1.54, 1.807) is 24.3 Å². The minimum atomic E-state index is -1.19. The van der Waals surface area contributed by atoms with Crippen molar-refractivity contribution < 1.29 is 29.3 Å². The number of carbonyl (C=O) groups is 3. The summed E-state index contributed by atoms with van der Waals surface area (Å²) in [6.07, 6.45) is -1.25. The largest absolute Gasteiger partial charge is 0.481 e. The highest BCUT2D eigenvalue weighted by Crippen LogP contribution is 2.28. The second-order valence-corrected chi connectivity index (χ2v) is 4.36. The summed E-state index contributed by atoms with van der Waals surface area (Å²) in [5.41, 5.74) is 0.937. The van der Waals surface area contributed by atoms with E-state index in [0.717, 1.165) is 0 Å². The number of carbonyl (C=O) groups excluding carboxylic acids is 1. The number of carboxylic acid groups (broad SMARTS) is 2. The number of nitrogens with one attached hydrogen (secondary N) is 1. The fraction of sp³-hybridized carbons (Fsp3) is 0.308. The van der Waals surface area contributed by atoms with Crippen LogP contribution in [-0.4, -0.2) is 34.2 Å². The van der Waals surface area contributed by atoms with Crippen LogP contribution >= 0.6 is 0 Å². The van der Waals surface area contributed by atoms with Crippen molar-refractivity contribution >= 4 is 17.9 Å². The SMILES string of the molecule is O=C(O)CC[C@H](NC1OC(=O)c2ccccc21)C(=O)O. The maximum atomic E-state index is 11.6. The van der Waals surface area contributed by atoms with Crippen molar-refractivity contribution in [2.75, 3.05) is 0 Å². The van der Waals surface area contributed by atoms with Crippen LogP contribution in [0.4, 0.5) is 0 Å². The summed E-state index contributed by atoms with van der Waals surface area (Å²) in [4.78, 5) is 33.2. The molecule has 1 aliphatic heterocycles. The lowest BCUT2D eigenvalue weighted by atomic mass is 10.1. The van der Waals surface area contributed by atoms with Crippen LogP contribution in [0.25, 0.3) is 0 Å². The Labute approximate surface area is 114 Å². The van der Waals surface area contributed by atoms with Gasteiger partial charge in [0.1, 0.15) is 6.04 Å². The first-order valence-electron chi connectivity index (χ1n) is 5.99. The average Bonchev–Trinajstić information content (AvgIpc) is 2.71. The summed E-state index contributed by atoms with van der Waals surface area (Å²) in [5, 5.41) is 20.3. The first-order chi connectivity index (χ1) is 9.49. The van der Waals surface area contributed by atoms with Gasteiger partial charge >= 0.3 is 17.9 Å². The molecule has 3 N–H and O–H groups in total. The Morgan fingerprint density at radius 2 is 2.00 bits per heavy atom. The normalized spacial score (nSPS) is 18.2. The number of fused-ring (bicyclic) bond motifs is 1. The molecule has 0 saturated carbocycles. The summed E-state index contributed by atoms with van der Waals surface area (Å²) < 4.78 is 5.06. The van der Waals surface area contributed by atoms with E-state index in [1.807, 2.05) is 0 Å². The van der Waals surface area contributed by atoms with Gasteiger partial charge in [0.25, 0.3) is 0 Å². The van der Waals surface area contributed by atoms with Crippen LogP contribution in [0.3, 0.4) is 0 Å². The Morgan fingerprint density at radius 1 is 1.30 bits per heavy atom. The van der Waals surface area contributed by atoms with Crippen LogP contribution in [0.1, 0.15) is 35.0 Å². The van der Waals surface area contributed by atoms with E-state index in [-0.39, 0.29) is 12.8 Å². The van der Waals surface area contributed by atoms with Crippen LogP contribution in [0.15, 0.2) is 24.3 Å². The zero-order chi connectivity index (χ0) is 14.7. The minimum Gasteiger partial charge on any atom is -0.481 e. The molecule has 1 aromatic rings. The van der Waals surface area contributed by atoms with E-state index in [9.17, 15) is 14.4 Å². The zero-order valence-electron chi connectivity index (χ0n) is 10.4. The standard InChI is InChI=1S/C13H13NO6/c15-10(16)6-5-9(12(17)18)14-11-7-3-1-2-4-8(7)13(19)20-11/h1-4,9,11,14H,5-6H2,(H,15,16)(H,17,18)/t9-,11?/m0/s1. The molecular formula is C13H13NO6. The molecule has 1 aliphatic rings. The highest BCUT2D eigenvalue weighted by Gasteiger charge is 2.33. The third kappa shape index (κ3) is 2.94. The predicted molar refractivity (Wildman–Crippen MR) is 66.0 cm³/mol. The van der Waals surface area contributed by atoms with Gasteiger partial charge in [-0.3, -0.25) is 14.9 Å². The molecule has 7 heteroatoms. The fourth-order valence-electron chi connectivity index (χ4n) is 2.00. The molecule has 7 nitrogen and oxygen atoms in total. The predicted octanol–water partition coefficient (Wildman–Crippen LogP) is 0.763. The van der Waals surface area contributed by atoms with Crippen molar-refractivity contribution in [2.24, 2.45) is 0 Å². The molecule has 1 heterocycles. The lowest BCUT2D eigenvalue weighted by Crippen LogP contribution is -2.39. The van der Waals surface area contributed by atoms with Gasteiger partial charge in [-0.25, -0.2) is 4.79 Å². The van der Waals surface area contributed by atoms with Gasteiger partial charge < -0.3 is 14.9 Å². The Morgan fingerprint density at radius 3 is 2.65 bits per heavy atom. The van der Waals surface area contributed by atoms with Gasteiger partial charge in [0.15, 0.2) is 6.23 Å². The molecule has 20 heavy (non-hydrogen) atoms. The smallest absolute Gasteiger partial charge is 0.340 e. The number of benzene rings is 1. The second kappa shape index (κ2) is 5.70. The monoisotopic (exact) mass is 279 g/mol. The molecule has 1 aromatic carbocycles. The summed E-state index contributed by atoms with van der Waals surface area (Å²) in [5.74, 6) is -2.80. The van der Waals surface area contributed by atoms with Gasteiger partial charge in [-0.15, -0.1) is 0 Å². The Balaban J connectivity index is 2.10.